The Labute approximate surface area is 74.5 Å². The van der Waals surface area contributed by atoms with Gasteiger partial charge in [0.1, 0.15) is 0 Å². The summed E-state index contributed by atoms with van der Waals surface area (Å²) in [7, 11) is 0. The largest absolute Gasteiger partial charge is 0.393 e. The Hall–Kier alpha value is -0.300. The van der Waals surface area contributed by atoms with Crippen LogP contribution in [0.3, 0.4) is 0 Å². The fourth-order valence-corrected chi connectivity index (χ4v) is 3.17. The summed E-state index contributed by atoms with van der Waals surface area (Å²) in [6, 6.07) is 0. The fourth-order valence-electron chi connectivity index (χ4n) is 3.17. The number of rotatable bonds is 2. The minimum atomic E-state index is -0.137. The van der Waals surface area contributed by atoms with Gasteiger partial charge >= 0.3 is 0 Å². The Morgan fingerprint density at radius 2 is 2.33 bits per heavy atom. The van der Waals surface area contributed by atoms with E-state index in [0.717, 1.165) is 12.3 Å². The maximum absolute atomic E-state index is 9.79. The van der Waals surface area contributed by atoms with E-state index in [0.29, 0.717) is 5.92 Å². The highest BCUT2D eigenvalue weighted by molar-refractivity contribution is 5.16. The van der Waals surface area contributed by atoms with Crippen molar-refractivity contribution in [1.29, 1.82) is 0 Å². The van der Waals surface area contributed by atoms with Crippen molar-refractivity contribution in [3.8, 4) is 0 Å². The van der Waals surface area contributed by atoms with Gasteiger partial charge in [-0.05, 0) is 38.0 Å². The molecule has 1 saturated carbocycles. The molecule has 0 aromatic heterocycles. The van der Waals surface area contributed by atoms with Gasteiger partial charge in [-0.1, -0.05) is 19.1 Å². The lowest BCUT2D eigenvalue weighted by atomic mass is 9.70. The molecule has 1 nitrogen and oxygen atoms in total. The smallest absolute Gasteiger partial charge is 0.0574 e. The molecule has 0 radical (unpaired) electrons. The molecule has 2 rings (SSSR count). The van der Waals surface area contributed by atoms with Crippen molar-refractivity contribution < 1.29 is 5.11 Å². The molecular formula is C11H18O. The second kappa shape index (κ2) is 2.59. The van der Waals surface area contributed by atoms with Crippen LogP contribution >= 0.6 is 0 Å². The van der Waals surface area contributed by atoms with Gasteiger partial charge in [-0.3, -0.25) is 0 Å². The molecule has 4 atom stereocenters. The Kier molecular flexibility index (Phi) is 1.80. The normalized spacial score (nSPS) is 46.9. The molecule has 1 N–H and O–H groups in total. The predicted octanol–water partition coefficient (Wildman–Crippen LogP) is 2.36. The van der Waals surface area contributed by atoms with Gasteiger partial charge < -0.3 is 5.11 Å². The number of aliphatic hydroxyl groups excluding tert-OH is 1. The van der Waals surface area contributed by atoms with Crippen molar-refractivity contribution in [2.75, 3.05) is 0 Å². The van der Waals surface area contributed by atoms with Gasteiger partial charge in [0, 0.05) is 5.41 Å². The number of aliphatic hydroxyl groups is 1. The summed E-state index contributed by atoms with van der Waals surface area (Å²) in [5.74, 6) is 1.43. The van der Waals surface area contributed by atoms with Crippen LogP contribution in [0.25, 0.3) is 0 Å². The molecule has 68 valence electrons. The summed E-state index contributed by atoms with van der Waals surface area (Å²) in [5.41, 5.74) is 0.222. The van der Waals surface area contributed by atoms with E-state index in [4.69, 9.17) is 0 Å². The number of allylic oxidation sites excluding steroid dienone is 2. The molecule has 2 aliphatic rings. The van der Waals surface area contributed by atoms with Crippen molar-refractivity contribution in [3.05, 3.63) is 12.2 Å². The lowest BCUT2D eigenvalue weighted by Crippen LogP contribution is -2.36. The molecule has 0 aromatic carbocycles. The van der Waals surface area contributed by atoms with Crippen LogP contribution in [-0.2, 0) is 0 Å². The summed E-state index contributed by atoms with van der Waals surface area (Å²) in [6.07, 6.45) is 8.14. The van der Waals surface area contributed by atoms with Crippen molar-refractivity contribution in [2.45, 2.75) is 39.2 Å². The third-order valence-electron chi connectivity index (χ3n) is 4.04. The van der Waals surface area contributed by atoms with Crippen molar-refractivity contribution in [2.24, 2.45) is 17.3 Å². The molecule has 1 fully saturated rings. The summed E-state index contributed by atoms with van der Waals surface area (Å²) >= 11 is 0. The van der Waals surface area contributed by atoms with Gasteiger partial charge in [-0.2, -0.15) is 0 Å². The van der Waals surface area contributed by atoms with Gasteiger partial charge in [-0.25, -0.2) is 0 Å². The maximum atomic E-state index is 9.79. The third-order valence-corrected chi connectivity index (χ3v) is 4.04. The first-order chi connectivity index (χ1) is 5.69. The third kappa shape index (κ3) is 0.891. The van der Waals surface area contributed by atoms with Gasteiger partial charge in [0.25, 0.3) is 0 Å². The van der Waals surface area contributed by atoms with E-state index >= 15 is 0 Å². The molecule has 0 saturated heterocycles. The van der Waals surface area contributed by atoms with E-state index in [2.05, 4.69) is 19.1 Å². The molecule has 0 amide bonds. The highest BCUT2D eigenvalue weighted by Crippen LogP contribution is 2.55. The van der Waals surface area contributed by atoms with Crippen LogP contribution < -0.4 is 0 Å². The number of hydrogen-bond acceptors (Lipinski definition) is 1. The second-order valence-corrected chi connectivity index (χ2v) is 4.45. The minimum Gasteiger partial charge on any atom is -0.393 e. The van der Waals surface area contributed by atoms with Crippen molar-refractivity contribution in [1.82, 2.24) is 0 Å². The Morgan fingerprint density at radius 3 is 2.58 bits per heavy atom. The molecule has 1 heteroatoms. The first-order valence-electron chi connectivity index (χ1n) is 5.05. The van der Waals surface area contributed by atoms with Crippen LogP contribution in [0.4, 0.5) is 0 Å². The lowest BCUT2D eigenvalue weighted by molar-refractivity contribution is 0.0146. The van der Waals surface area contributed by atoms with Gasteiger partial charge in [-0.15, -0.1) is 0 Å². The Bertz CT molecular complexity index is 207. The van der Waals surface area contributed by atoms with E-state index in [9.17, 15) is 5.11 Å². The van der Waals surface area contributed by atoms with Crippen LogP contribution in [0.5, 0.6) is 0 Å². The molecule has 0 aliphatic heterocycles. The van der Waals surface area contributed by atoms with Crippen LogP contribution in [-0.4, -0.2) is 11.2 Å². The summed E-state index contributed by atoms with van der Waals surface area (Å²) in [6.45, 7) is 4.17. The summed E-state index contributed by atoms with van der Waals surface area (Å²) in [4.78, 5) is 0. The van der Waals surface area contributed by atoms with E-state index in [1.807, 2.05) is 6.92 Å². The highest BCUT2D eigenvalue weighted by Gasteiger charge is 2.49. The first kappa shape index (κ1) is 8.31. The fraction of sp³-hybridized carbons (Fsp3) is 0.818. The standard InChI is InChI=1S/C11H18O/c1-3-11(8(2)12)7-9-4-5-10(11)6-9/h4-5,8-10,12H,3,6-7H2,1-2H3. The Balaban J connectivity index is 2.25. The predicted molar refractivity (Wildman–Crippen MR) is 49.8 cm³/mol. The lowest BCUT2D eigenvalue weighted by Gasteiger charge is -2.37. The molecule has 0 heterocycles. The molecule has 0 aromatic rings. The maximum Gasteiger partial charge on any atom is 0.0574 e. The number of hydrogen-bond donors (Lipinski definition) is 1. The average molecular weight is 166 g/mol. The first-order valence-corrected chi connectivity index (χ1v) is 5.05. The van der Waals surface area contributed by atoms with E-state index in [1.54, 1.807) is 0 Å². The SMILES string of the molecule is CCC1(C(C)O)CC2C=CC1C2. The zero-order valence-electron chi connectivity index (χ0n) is 7.96. The number of fused-ring (bicyclic) bond motifs is 2. The van der Waals surface area contributed by atoms with Gasteiger partial charge in [0.2, 0.25) is 0 Å². The van der Waals surface area contributed by atoms with Crippen LogP contribution in [0.2, 0.25) is 0 Å². The summed E-state index contributed by atoms with van der Waals surface area (Å²) in [5, 5.41) is 9.79. The molecule has 0 spiro atoms. The second-order valence-electron chi connectivity index (χ2n) is 4.45. The quantitative estimate of drug-likeness (QED) is 0.624. The average Bonchev–Trinajstić information content (AvgIpc) is 2.62. The minimum absolute atomic E-state index is 0.137. The molecule has 2 bridgehead atoms. The monoisotopic (exact) mass is 166 g/mol. The van der Waals surface area contributed by atoms with E-state index in [1.165, 1.54) is 12.8 Å². The van der Waals surface area contributed by atoms with Crippen LogP contribution in [0.1, 0.15) is 33.1 Å². The topological polar surface area (TPSA) is 20.2 Å². The zero-order valence-corrected chi connectivity index (χ0v) is 7.96. The van der Waals surface area contributed by atoms with Crippen molar-refractivity contribution in [3.63, 3.8) is 0 Å². The van der Waals surface area contributed by atoms with Gasteiger partial charge in [0.15, 0.2) is 0 Å². The van der Waals surface area contributed by atoms with Gasteiger partial charge in [0.05, 0.1) is 6.10 Å². The Morgan fingerprint density at radius 1 is 1.58 bits per heavy atom. The van der Waals surface area contributed by atoms with E-state index in [-0.39, 0.29) is 11.5 Å². The molecular weight excluding hydrogens is 148 g/mol. The molecule has 12 heavy (non-hydrogen) atoms. The van der Waals surface area contributed by atoms with Crippen LogP contribution in [0, 0.1) is 17.3 Å². The molecule has 4 unspecified atom stereocenters. The summed E-state index contributed by atoms with van der Waals surface area (Å²) < 4.78 is 0. The highest BCUT2D eigenvalue weighted by atomic mass is 16.3. The zero-order chi connectivity index (χ0) is 8.77. The van der Waals surface area contributed by atoms with Crippen LogP contribution in [0.15, 0.2) is 12.2 Å². The van der Waals surface area contributed by atoms with Crippen molar-refractivity contribution >= 4 is 0 Å². The molecule has 2 aliphatic carbocycles. The van der Waals surface area contributed by atoms with E-state index < -0.39 is 0 Å².